The highest BCUT2D eigenvalue weighted by Crippen LogP contribution is 2.48. The average Bonchev–Trinajstić information content (AvgIpc) is 2.93. The number of carbonyl (C=O) groups is 5. The number of ketones is 1. The molecule has 0 saturated heterocycles. The molecule has 2 amide bonds. The zero-order chi connectivity index (χ0) is 31.7. The molecule has 0 aromatic carbocycles. The first-order valence-electron chi connectivity index (χ1n) is 13.2. The van der Waals surface area contributed by atoms with E-state index >= 15 is 0 Å². The fraction of sp³-hybridized carbons (Fsp3) is 0.500. The predicted molar refractivity (Wildman–Crippen MR) is 156 cm³/mol. The van der Waals surface area contributed by atoms with Gasteiger partial charge in [0.1, 0.15) is 17.9 Å². The monoisotopic (exact) mass is 636 g/mol. The van der Waals surface area contributed by atoms with Gasteiger partial charge in [0.25, 0.3) is 11.1 Å². The van der Waals surface area contributed by atoms with E-state index in [0.29, 0.717) is 30.7 Å². The zero-order valence-electron chi connectivity index (χ0n) is 23.3. The normalized spacial score (nSPS) is 19.4. The van der Waals surface area contributed by atoms with Gasteiger partial charge in [-0.2, -0.15) is 0 Å². The van der Waals surface area contributed by atoms with Crippen LogP contribution in [-0.4, -0.2) is 83.3 Å². The highest BCUT2D eigenvalue weighted by molar-refractivity contribution is 7.99. The number of hydrogen-bond donors (Lipinski definition) is 6. The van der Waals surface area contributed by atoms with E-state index in [2.05, 4.69) is 30.6 Å². The maximum Gasteiger partial charge on any atom is 0.327 e. The molecule has 0 spiro atoms. The van der Waals surface area contributed by atoms with Gasteiger partial charge in [0.2, 0.25) is 11.8 Å². The van der Waals surface area contributed by atoms with Crippen LogP contribution in [-0.2, 0) is 24.0 Å². The third-order valence-corrected chi connectivity index (χ3v) is 9.62. The standard InChI is InChI=1S/C26H32N6O9S2/c1-12(33)29-18(25(38)39)10-42-23(16-6-27-8-20(35)31-16)14-4-3-5-15(22(14)37)24(17-7-28-9-21(36)32-17)43-11-19(26(40)41)30-13(2)34/h6-9,14-15,18-19,23-24H,3-5,10-11H2,1-2H3,(H,29,33)(H,30,34)(H,31,35)(H,32,36)(H,38,39)(H,40,41)/t14?,15?,18-,19-,23?,24?/m0/s1. The van der Waals surface area contributed by atoms with Crippen molar-refractivity contribution in [2.75, 3.05) is 11.5 Å². The van der Waals surface area contributed by atoms with E-state index in [4.69, 9.17) is 0 Å². The van der Waals surface area contributed by atoms with Gasteiger partial charge in [-0.25, -0.2) is 9.59 Å². The smallest absolute Gasteiger partial charge is 0.327 e. The molecule has 43 heavy (non-hydrogen) atoms. The molecule has 4 unspecified atom stereocenters. The molecule has 1 aliphatic carbocycles. The van der Waals surface area contributed by atoms with E-state index in [1.165, 1.54) is 26.2 Å². The molecule has 6 N–H and O–H groups in total. The van der Waals surface area contributed by atoms with Gasteiger partial charge in [-0.05, 0) is 12.8 Å². The highest BCUT2D eigenvalue weighted by atomic mass is 32.2. The van der Waals surface area contributed by atoms with Crippen LogP contribution in [0.3, 0.4) is 0 Å². The van der Waals surface area contributed by atoms with Crippen molar-refractivity contribution in [1.82, 2.24) is 30.6 Å². The molecule has 1 aliphatic rings. The Bertz CT molecular complexity index is 1360. The number of H-pyrrole nitrogens is 2. The Hall–Kier alpha value is -3.99. The summed E-state index contributed by atoms with van der Waals surface area (Å²) >= 11 is 2.17. The minimum atomic E-state index is -1.27. The predicted octanol–water partition coefficient (Wildman–Crippen LogP) is 0.266. The van der Waals surface area contributed by atoms with Gasteiger partial charge in [0.05, 0.1) is 34.3 Å². The molecule has 17 heteroatoms. The molecular formula is C26H32N6O9S2. The summed E-state index contributed by atoms with van der Waals surface area (Å²) in [6.07, 6.45) is 6.24. The van der Waals surface area contributed by atoms with Crippen LogP contribution < -0.4 is 21.8 Å². The van der Waals surface area contributed by atoms with Crippen molar-refractivity contribution in [3.63, 3.8) is 0 Å². The van der Waals surface area contributed by atoms with E-state index < -0.39 is 69.3 Å². The molecule has 1 saturated carbocycles. The maximum atomic E-state index is 14.2. The molecule has 6 atom stereocenters. The lowest BCUT2D eigenvalue weighted by atomic mass is 9.76. The van der Waals surface area contributed by atoms with Crippen molar-refractivity contribution < 1.29 is 34.2 Å². The number of Topliss-reactive ketones (excluding diaryl/α,β-unsaturated/α-hetero) is 1. The van der Waals surface area contributed by atoms with Crippen molar-refractivity contribution in [1.29, 1.82) is 0 Å². The summed E-state index contributed by atoms with van der Waals surface area (Å²) in [5, 5.41) is 22.4. The van der Waals surface area contributed by atoms with Gasteiger partial charge in [-0.1, -0.05) is 6.42 Å². The summed E-state index contributed by atoms with van der Waals surface area (Å²) in [6, 6.07) is -2.51. The Morgan fingerprint density at radius 1 is 0.791 bits per heavy atom. The molecular weight excluding hydrogens is 604 g/mol. The molecule has 2 heterocycles. The SMILES string of the molecule is CC(=O)N[C@@H](CSC(c1cncc(=O)[nH]1)C1CCCC(C(SC[C@H](NC(C)=O)C(=O)O)c2cncc(=O)[nH]2)C1=O)C(=O)O. The van der Waals surface area contributed by atoms with Crippen LogP contribution in [0.4, 0.5) is 0 Å². The Balaban J connectivity index is 1.97. The Morgan fingerprint density at radius 3 is 1.51 bits per heavy atom. The molecule has 3 rings (SSSR count). The number of carboxylic acid groups (broad SMARTS) is 2. The minimum Gasteiger partial charge on any atom is -0.480 e. The van der Waals surface area contributed by atoms with E-state index in [0.717, 1.165) is 35.9 Å². The van der Waals surface area contributed by atoms with Gasteiger partial charge in [-0.15, -0.1) is 23.5 Å². The number of nitrogens with one attached hydrogen (secondary N) is 4. The van der Waals surface area contributed by atoms with Crippen molar-refractivity contribution in [3.05, 3.63) is 56.9 Å². The number of carbonyl (C=O) groups excluding carboxylic acids is 3. The molecule has 0 aliphatic heterocycles. The maximum absolute atomic E-state index is 14.2. The fourth-order valence-corrected chi connectivity index (χ4v) is 7.73. The number of rotatable bonds is 14. The number of carboxylic acids is 2. The van der Waals surface area contributed by atoms with Crippen LogP contribution in [0.1, 0.15) is 55.0 Å². The largest absolute Gasteiger partial charge is 0.480 e. The molecule has 1 fully saturated rings. The van der Waals surface area contributed by atoms with Crippen LogP contribution >= 0.6 is 23.5 Å². The van der Waals surface area contributed by atoms with E-state index in [9.17, 15) is 43.8 Å². The number of hydrogen-bond acceptors (Lipinski definition) is 11. The second-order valence-corrected chi connectivity index (χ2v) is 12.3. The van der Waals surface area contributed by atoms with Crippen molar-refractivity contribution >= 4 is 53.1 Å². The topological polar surface area (TPSA) is 241 Å². The van der Waals surface area contributed by atoms with Crippen LogP contribution in [0, 0.1) is 11.8 Å². The van der Waals surface area contributed by atoms with Gasteiger partial charge >= 0.3 is 11.9 Å². The van der Waals surface area contributed by atoms with Gasteiger partial charge in [0, 0.05) is 49.6 Å². The summed E-state index contributed by atoms with van der Waals surface area (Å²) in [4.78, 5) is 98.4. The second kappa shape index (κ2) is 15.5. The summed E-state index contributed by atoms with van der Waals surface area (Å²) in [7, 11) is 0. The zero-order valence-corrected chi connectivity index (χ0v) is 24.9. The summed E-state index contributed by atoms with van der Waals surface area (Å²) in [5.41, 5.74) is -0.421. The highest BCUT2D eigenvalue weighted by Gasteiger charge is 2.43. The number of nitrogens with zero attached hydrogens (tertiary/aromatic N) is 2. The first-order valence-corrected chi connectivity index (χ1v) is 15.3. The molecule has 0 bridgehead atoms. The molecule has 2 aromatic rings. The lowest BCUT2D eigenvalue weighted by Crippen LogP contribution is -2.43. The Morgan fingerprint density at radius 2 is 1.19 bits per heavy atom. The summed E-state index contributed by atoms with van der Waals surface area (Å²) in [5.74, 6) is -5.55. The second-order valence-electron chi connectivity index (χ2n) is 9.94. The van der Waals surface area contributed by atoms with Crippen molar-refractivity contribution in [3.8, 4) is 0 Å². The van der Waals surface area contributed by atoms with Crippen LogP contribution in [0.5, 0.6) is 0 Å². The number of thioether (sulfide) groups is 2. The fourth-order valence-electron chi connectivity index (χ4n) is 4.88. The molecule has 2 aromatic heterocycles. The van der Waals surface area contributed by atoms with Gasteiger partial charge < -0.3 is 30.8 Å². The van der Waals surface area contributed by atoms with Crippen LogP contribution in [0.15, 0.2) is 34.4 Å². The van der Waals surface area contributed by atoms with E-state index in [-0.39, 0.29) is 17.3 Å². The number of aromatic nitrogens is 4. The van der Waals surface area contributed by atoms with Crippen molar-refractivity contribution in [2.45, 2.75) is 55.7 Å². The van der Waals surface area contributed by atoms with Gasteiger partial charge in [-0.3, -0.25) is 33.9 Å². The first-order chi connectivity index (χ1) is 20.4. The Labute approximate surface area is 253 Å². The average molecular weight is 637 g/mol. The lowest BCUT2D eigenvalue weighted by Gasteiger charge is -2.36. The number of aliphatic carboxylic acids is 2. The van der Waals surface area contributed by atoms with Gasteiger partial charge in [0.15, 0.2) is 0 Å². The number of aromatic amines is 2. The quantitative estimate of drug-likeness (QED) is 0.163. The summed E-state index contributed by atoms with van der Waals surface area (Å²) < 4.78 is 0. The Kier molecular flexibility index (Phi) is 12.1. The van der Waals surface area contributed by atoms with E-state index in [1.54, 1.807) is 0 Å². The third kappa shape index (κ3) is 9.51. The number of amides is 2. The molecule has 232 valence electrons. The third-order valence-electron chi connectivity index (χ3n) is 6.69. The minimum absolute atomic E-state index is 0.115. The lowest BCUT2D eigenvalue weighted by molar-refractivity contribution is -0.141. The molecule has 15 nitrogen and oxygen atoms in total. The van der Waals surface area contributed by atoms with Crippen LogP contribution in [0.2, 0.25) is 0 Å². The summed E-state index contributed by atoms with van der Waals surface area (Å²) in [6.45, 7) is 2.38. The van der Waals surface area contributed by atoms with Crippen LogP contribution in [0.25, 0.3) is 0 Å². The van der Waals surface area contributed by atoms with E-state index in [1.807, 2.05) is 0 Å². The van der Waals surface area contributed by atoms with Crippen molar-refractivity contribution in [2.24, 2.45) is 11.8 Å². The first kappa shape index (κ1) is 33.5. The molecule has 0 radical (unpaired) electrons.